The number of aliphatic hydroxyl groups is 1. The van der Waals surface area contributed by atoms with Gasteiger partial charge in [-0.15, -0.1) is 0 Å². The lowest BCUT2D eigenvalue weighted by Crippen LogP contribution is -2.24. The number of rotatable bonds is 7. The van der Waals surface area contributed by atoms with E-state index in [1.54, 1.807) is 25.7 Å². The summed E-state index contributed by atoms with van der Waals surface area (Å²) < 4.78 is 7.23. The van der Waals surface area contributed by atoms with E-state index in [-0.39, 0.29) is 12.0 Å². The maximum Gasteiger partial charge on any atom is 0.122 e. The number of likely N-dealkylation sites (tertiary alicyclic amines) is 1. The third-order valence-electron chi connectivity index (χ3n) is 4.27. The largest absolute Gasteiger partial charge is 0.391 e. The second kappa shape index (κ2) is 7.63. The van der Waals surface area contributed by atoms with E-state index in [4.69, 9.17) is 4.74 Å². The topological polar surface area (TPSA) is 76.3 Å². The number of methoxy groups -OCH3 is 1. The van der Waals surface area contributed by atoms with Crippen LogP contribution in [0.2, 0.25) is 0 Å². The average Bonchev–Trinajstić information content (AvgIpc) is 3.13. The molecule has 124 valence electrons. The molecule has 1 aliphatic rings. The van der Waals surface area contributed by atoms with E-state index in [1.807, 2.05) is 12.4 Å². The van der Waals surface area contributed by atoms with Crippen molar-refractivity contribution in [2.24, 2.45) is 5.92 Å². The van der Waals surface area contributed by atoms with Crippen molar-refractivity contribution < 1.29 is 9.84 Å². The Balaban J connectivity index is 1.57. The van der Waals surface area contributed by atoms with Crippen molar-refractivity contribution >= 4 is 0 Å². The zero-order valence-electron chi connectivity index (χ0n) is 13.4. The molecule has 2 atom stereocenters. The predicted octanol–water partition coefficient (Wildman–Crippen LogP) is 0.355. The first-order valence-electron chi connectivity index (χ1n) is 7.90. The summed E-state index contributed by atoms with van der Waals surface area (Å²) in [6, 6.07) is 0. The van der Waals surface area contributed by atoms with Crippen molar-refractivity contribution in [3.8, 4) is 0 Å². The average molecular weight is 317 g/mol. The summed E-state index contributed by atoms with van der Waals surface area (Å²) in [5.41, 5.74) is 0.931. The van der Waals surface area contributed by atoms with Gasteiger partial charge in [0, 0.05) is 63.6 Å². The number of aromatic nitrogens is 4. The number of imidazole rings is 1. The maximum absolute atomic E-state index is 10.3. The van der Waals surface area contributed by atoms with Crippen LogP contribution in [0.25, 0.3) is 0 Å². The van der Waals surface area contributed by atoms with Gasteiger partial charge in [0.2, 0.25) is 0 Å². The molecule has 7 nitrogen and oxygen atoms in total. The number of hydrogen-bond donors (Lipinski definition) is 1. The standard InChI is InChI=1S/C16H23N5O2/c1-23-7-6-21-5-4-19-16(21)12-20-10-13(15(22)11-20)8-14-9-17-2-3-18-14/h2-5,9,13,15,22H,6-8,10-12H2,1H3/t13-,15-/m1/s1. The van der Waals surface area contributed by atoms with Gasteiger partial charge in [0.1, 0.15) is 5.82 Å². The summed E-state index contributed by atoms with van der Waals surface area (Å²) in [6.07, 6.45) is 9.34. The first-order chi connectivity index (χ1) is 11.3. The first-order valence-corrected chi connectivity index (χ1v) is 7.90. The molecule has 1 N–H and O–H groups in total. The second-order valence-corrected chi connectivity index (χ2v) is 5.95. The van der Waals surface area contributed by atoms with Gasteiger partial charge in [-0.3, -0.25) is 14.9 Å². The normalized spacial score (nSPS) is 21.8. The van der Waals surface area contributed by atoms with Crippen LogP contribution in [-0.2, 0) is 24.2 Å². The van der Waals surface area contributed by atoms with Crippen molar-refractivity contribution in [1.29, 1.82) is 0 Å². The first kappa shape index (κ1) is 16.0. The predicted molar refractivity (Wildman–Crippen MR) is 84.6 cm³/mol. The van der Waals surface area contributed by atoms with E-state index in [0.717, 1.165) is 37.6 Å². The van der Waals surface area contributed by atoms with Crippen LogP contribution in [0.3, 0.4) is 0 Å². The van der Waals surface area contributed by atoms with Crippen LogP contribution in [0.1, 0.15) is 11.5 Å². The van der Waals surface area contributed by atoms with Gasteiger partial charge < -0.3 is 14.4 Å². The van der Waals surface area contributed by atoms with Crippen LogP contribution in [0.5, 0.6) is 0 Å². The summed E-state index contributed by atoms with van der Waals surface area (Å²) in [6.45, 7) is 3.72. The minimum Gasteiger partial charge on any atom is -0.391 e. The van der Waals surface area contributed by atoms with E-state index in [1.165, 1.54) is 0 Å². The molecule has 0 saturated carbocycles. The Labute approximate surface area is 136 Å². The van der Waals surface area contributed by atoms with E-state index in [2.05, 4.69) is 24.4 Å². The fourth-order valence-electron chi connectivity index (χ4n) is 3.06. The Morgan fingerprint density at radius 2 is 2.17 bits per heavy atom. The number of β-amino-alcohol motifs (C(OH)–C–C–N with tert-alkyl or cyclic N) is 1. The molecule has 0 spiro atoms. The van der Waals surface area contributed by atoms with Crippen LogP contribution in [0.15, 0.2) is 31.0 Å². The molecule has 0 bridgehead atoms. The van der Waals surface area contributed by atoms with Gasteiger partial charge in [-0.25, -0.2) is 4.98 Å². The molecule has 0 amide bonds. The zero-order chi connectivity index (χ0) is 16.1. The van der Waals surface area contributed by atoms with Gasteiger partial charge in [0.05, 0.1) is 24.9 Å². The number of nitrogens with zero attached hydrogens (tertiary/aromatic N) is 5. The minimum atomic E-state index is -0.334. The van der Waals surface area contributed by atoms with Crippen molar-refractivity contribution in [1.82, 2.24) is 24.4 Å². The van der Waals surface area contributed by atoms with E-state index >= 15 is 0 Å². The molecule has 7 heteroatoms. The van der Waals surface area contributed by atoms with Crippen LogP contribution in [0.4, 0.5) is 0 Å². The van der Waals surface area contributed by atoms with Crippen molar-refractivity contribution in [2.75, 3.05) is 26.8 Å². The van der Waals surface area contributed by atoms with Crippen LogP contribution >= 0.6 is 0 Å². The van der Waals surface area contributed by atoms with E-state index < -0.39 is 0 Å². The Hall–Kier alpha value is -1.83. The third-order valence-corrected chi connectivity index (χ3v) is 4.27. The lowest BCUT2D eigenvalue weighted by Gasteiger charge is -2.16. The zero-order valence-corrected chi connectivity index (χ0v) is 13.4. The summed E-state index contributed by atoms with van der Waals surface area (Å²) >= 11 is 0. The van der Waals surface area contributed by atoms with Crippen LogP contribution < -0.4 is 0 Å². The third kappa shape index (κ3) is 4.13. The summed E-state index contributed by atoms with van der Waals surface area (Å²) in [5, 5.41) is 10.3. The highest BCUT2D eigenvalue weighted by molar-refractivity contribution is 5.01. The summed E-state index contributed by atoms with van der Waals surface area (Å²) in [4.78, 5) is 15.1. The second-order valence-electron chi connectivity index (χ2n) is 5.95. The molecule has 0 aromatic carbocycles. The SMILES string of the molecule is COCCn1ccnc1CN1C[C@@H](Cc2cnccn2)[C@H](O)C1. The van der Waals surface area contributed by atoms with Crippen molar-refractivity contribution in [3.63, 3.8) is 0 Å². The minimum absolute atomic E-state index is 0.189. The molecule has 0 radical (unpaired) electrons. The van der Waals surface area contributed by atoms with Gasteiger partial charge >= 0.3 is 0 Å². The Morgan fingerprint density at radius 1 is 1.26 bits per heavy atom. The molecule has 0 aliphatic carbocycles. The molecule has 1 fully saturated rings. The monoisotopic (exact) mass is 317 g/mol. The molecule has 1 saturated heterocycles. The van der Waals surface area contributed by atoms with Crippen molar-refractivity contribution in [3.05, 3.63) is 42.5 Å². The molecule has 2 aromatic heterocycles. The quantitative estimate of drug-likeness (QED) is 0.794. The Bertz CT molecular complexity index is 604. The van der Waals surface area contributed by atoms with Gasteiger partial charge in [-0.05, 0) is 6.42 Å². The molecule has 1 aliphatic heterocycles. The lowest BCUT2D eigenvalue weighted by atomic mass is 10.0. The van der Waals surface area contributed by atoms with E-state index in [0.29, 0.717) is 13.2 Å². The molecule has 23 heavy (non-hydrogen) atoms. The maximum atomic E-state index is 10.3. The molecule has 0 unspecified atom stereocenters. The summed E-state index contributed by atoms with van der Waals surface area (Å²) in [5.74, 6) is 1.20. The molecular formula is C16H23N5O2. The van der Waals surface area contributed by atoms with Gasteiger partial charge in [-0.2, -0.15) is 0 Å². The summed E-state index contributed by atoms with van der Waals surface area (Å²) in [7, 11) is 1.70. The highest BCUT2D eigenvalue weighted by Gasteiger charge is 2.32. The van der Waals surface area contributed by atoms with Gasteiger partial charge in [-0.1, -0.05) is 0 Å². The van der Waals surface area contributed by atoms with Gasteiger partial charge in [0.25, 0.3) is 0 Å². The Kier molecular flexibility index (Phi) is 5.32. The van der Waals surface area contributed by atoms with Crippen LogP contribution in [-0.4, -0.2) is 62.4 Å². The number of aliphatic hydroxyl groups excluding tert-OH is 1. The molecule has 3 heterocycles. The Morgan fingerprint density at radius 3 is 2.96 bits per heavy atom. The number of hydrogen-bond acceptors (Lipinski definition) is 6. The lowest BCUT2D eigenvalue weighted by molar-refractivity contribution is 0.140. The van der Waals surface area contributed by atoms with E-state index in [9.17, 15) is 5.11 Å². The molecule has 2 aromatic rings. The molecular weight excluding hydrogens is 294 g/mol. The fraction of sp³-hybridized carbons (Fsp3) is 0.562. The fourth-order valence-corrected chi connectivity index (χ4v) is 3.06. The number of ether oxygens (including phenoxy) is 1. The van der Waals surface area contributed by atoms with Crippen LogP contribution in [0, 0.1) is 5.92 Å². The van der Waals surface area contributed by atoms with Gasteiger partial charge in [0.15, 0.2) is 0 Å². The highest BCUT2D eigenvalue weighted by atomic mass is 16.5. The van der Waals surface area contributed by atoms with Crippen molar-refractivity contribution in [2.45, 2.75) is 25.6 Å². The smallest absolute Gasteiger partial charge is 0.122 e. The highest BCUT2D eigenvalue weighted by Crippen LogP contribution is 2.22. The molecule has 3 rings (SSSR count).